The number of rotatable bonds is 3. The van der Waals surface area contributed by atoms with Crippen LogP contribution in [0.4, 0.5) is 0 Å². The highest BCUT2D eigenvalue weighted by Gasteiger charge is 1.95. The van der Waals surface area contributed by atoms with Gasteiger partial charge in [0.1, 0.15) is 0 Å². The minimum atomic E-state index is -4.58. The van der Waals surface area contributed by atoms with Crippen molar-refractivity contribution in [1.29, 1.82) is 0 Å². The molecule has 0 aliphatic heterocycles. The lowest BCUT2D eigenvalue weighted by molar-refractivity contribution is 0.149. The highest BCUT2D eigenvalue weighted by Crippen LogP contribution is 1.82. The molecule has 5 nitrogen and oxygen atoms in total. The quantitative estimate of drug-likeness (QED) is 0.333. The van der Waals surface area contributed by atoms with Crippen molar-refractivity contribution < 1.29 is 17.3 Å². The summed E-state index contributed by atoms with van der Waals surface area (Å²) in [5.41, 5.74) is 1.98. The third kappa shape index (κ3) is 7.83. The SMILES string of the molecule is CC(C)NOS(=O)(=O)[O-]. The van der Waals surface area contributed by atoms with Crippen molar-refractivity contribution in [1.82, 2.24) is 5.48 Å². The molecule has 0 fully saturated rings. The summed E-state index contributed by atoms with van der Waals surface area (Å²) in [7, 11) is -4.58. The molecule has 1 N–H and O–H groups in total. The molecule has 0 saturated heterocycles. The van der Waals surface area contributed by atoms with Gasteiger partial charge in [0, 0.05) is 6.04 Å². The van der Waals surface area contributed by atoms with Crippen molar-refractivity contribution in [3.05, 3.63) is 0 Å². The maximum Gasteiger partial charge on any atom is 0.234 e. The van der Waals surface area contributed by atoms with Crippen LogP contribution in [0.15, 0.2) is 0 Å². The van der Waals surface area contributed by atoms with E-state index in [9.17, 15) is 13.0 Å². The lowest BCUT2D eigenvalue weighted by Crippen LogP contribution is -2.26. The van der Waals surface area contributed by atoms with Crippen LogP contribution in [-0.4, -0.2) is 19.0 Å². The van der Waals surface area contributed by atoms with E-state index in [2.05, 4.69) is 4.28 Å². The summed E-state index contributed by atoms with van der Waals surface area (Å²) >= 11 is 0. The van der Waals surface area contributed by atoms with E-state index in [0.29, 0.717) is 0 Å². The summed E-state index contributed by atoms with van der Waals surface area (Å²) in [4.78, 5) is 0. The molecule has 0 amide bonds. The maximum atomic E-state index is 9.70. The Bertz CT molecular complexity index is 161. The van der Waals surface area contributed by atoms with Gasteiger partial charge in [-0.2, -0.15) is 9.76 Å². The van der Waals surface area contributed by atoms with Gasteiger partial charge in [-0.3, -0.25) is 0 Å². The van der Waals surface area contributed by atoms with Crippen molar-refractivity contribution >= 4 is 10.4 Å². The van der Waals surface area contributed by atoms with Crippen molar-refractivity contribution in [3.63, 3.8) is 0 Å². The zero-order valence-electron chi connectivity index (χ0n) is 5.12. The normalized spacial score (nSPS) is 12.4. The minimum Gasteiger partial charge on any atom is -0.724 e. The van der Waals surface area contributed by atoms with Gasteiger partial charge in [-0.1, -0.05) is 0 Å². The average Bonchev–Trinajstić information content (AvgIpc) is 1.59. The fourth-order valence-corrected chi connectivity index (χ4v) is 0.465. The molecule has 0 aromatic heterocycles. The van der Waals surface area contributed by atoms with Crippen molar-refractivity contribution in [2.45, 2.75) is 19.9 Å². The molecule has 0 rings (SSSR count). The minimum absolute atomic E-state index is 0.186. The molecule has 0 saturated carbocycles. The first-order valence-corrected chi connectivity index (χ1v) is 3.65. The summed E-state index contributed by atoms with van der Waals surface area (Å²) in [6.07, 6.45) is 0. The van der Waals surface area contributed by atoms with Gasteiger partial charge in [0.15, 0.2) is 0 Å². The van der Waals surface area contributed by atoms with E-state index in [4.69, 9.17) is 0 Å². The van der Waals surface area contributed by atoms with E-state index >= 15 is 0 Å². The summed E-state index contributed by atoms with van der Waals surface area (Å²) in [6, 6.07) is -0.186. The van der Waals surface area contributed by atoms with Gasteiger partial charge < -0.3 is 4.55 Å². The fourth-order valence-electron chi connectivity index (χ4n) is 0.155. The Morgan fingerprint density at radius 1 is 1.56 bits per heavy atom. The molecule has 0 aliphatic rings. The second-order valence-electron chi connectivity index (χ2n) is 1.76. The van der Waals surface area contributed by atoms with E-state index in [1.807, 2.05) is 5.48 Å². The van der Waals surface area contributed by atoms with Crippen LogP contribution in [0.1, 0.15) is 13.8 Å². The fraction of sp³-hybridized carbons (Fsp3) is 1.00. The second-order valence-corrected chi connectivity index (χ2v) is 2.75. The van der Waals surface area contributed by atoms with Gasteiger partial charge in [-0.15, -0.1) is 0 Å². The molecular formula is C3H8NO4S-. The summed E-state index contributed by atoms with van der Waals surface area (Å²) < 4.78 is 32.7. The molecule has 56 valence electrons. The van der Waals surface area contributed by atoms with Crippen molar-refractivity contribution in [2.75, 3.05) is 0 Å². The zero-order valence-corrected chi connectivity index (χ0v) is 5.94. The molecule has 0 atom stereocenters. The van der Waals surface area contributed by atoms with E-state index in [1.165, 1.54) is 0 Å². The van der Waals surface area contributed by atoms with Crippen molar-refractivity contribution in [2.24, 2.45) is 0 Å². The average molecular weight is 154 g/mol. The van der Waals surface area contributed by atoms with E-state index < -0.39 is 10.4 Å². The Morgan fingerprint density at radius 3 is 2.11 bits per heavy atom. The molecule has 0 aliphatic carbocycles. The molecule has 9 heavy (non-hydrogen) atoms. The van der Waals surface area contributed by atoms with Gasteiger partial charge in [-0.25, -0.2) is 8.42 Å². The van der Waals surface area contributed by atoms with Crippen molar-refractivity contribution in [3.8, 4) is 0 Å². The van der Waals surface area contributed by atoms with Gasteiger partial charge in [-0.05, 0) is 13.8 Å². The largest absolute Gasteiger partial charge is 0.724 e. The third-order valence-electron chi connectivity index (χ3n) is 0.386. The monoisotopic (exact) mass is 154 g/mol. The van der Waals surface area contributed by atoms with Crippen LogP contribution in [0.5, 0.6) is 0 Å². The van der Waals surface area contributed by atoms with Crippen LogP contribution in [0.2, 0.25) is 0 Å². The molecule has 0 aromatic carbocycles. The lowest BCUT2D eigenvalue weighted by atomic mass is 10.4. The Balaban J connectivity index is 3.53. The van der Waals surface area contributed by atoms with E-state index in [-0.39, 0.29) is 6.04 Å². The Labute approximate surface area is 53.9 Å². The van der Waals surface area contributed by atoms with Gasteiger partial charge in [0.05, 0.1) is 0 Å². The highest BCUT2D eigenvalue weighted by atomic mass is 32.3. The summed E-state index contributed by atoms with van der Waals surface area (Å²) in [6.45, 7) is 3.29. The maximum absolute atomic E-state index is 9.70. The number of hydrogen-bond donors (Lipinski definition) is 1. The lowest BCUT2D eigenvalue weighted by Gasteiger charge is -2.09. The molecule has 0 unspecified atom stereocenters. The predicted molar refractivity (Wildman–Crippen MR) is 29.1 cm³/mol. The molecule has 0 radical (unpaired) electrons. The van der Waals surface area contributed by atoms with E-state index in [1.54, 1.807) is 13.8 Å². The third-order valence-corrected chi connectivity index (χ3v) is 0.686. The molecule has 0 aromatic rings. The molecule has 6 heteroatoms. The first kappa shape index (κ1) is 8.83. The summed E-state index contributed by atoms with van der Waals surface area (Å²) in [5, 5.41) is 0. The number of hydroxylamine groups is 1. The van der Waals surface area contributed by atoms with Crippen LogP contribution in [0.3, 0.4) is 0 Å². The van der Waals surface area contributed by atoms with Gasteiger partial charge >= 0.3 is 0 Å². The van der Waals surface area contributed by atoms with Crippen LogP contribution in [0.25, 0.3) is 0 Å². The molecular weight excluding hydrogens is 146 g/mol. The molecule has 0 heterocycles. The first-order chi connectivity index (χ1) is 3.92. The topological polar surface area (TPSA) is 78.5 Å². The van der Waals surface area contributed by atoms with Gasteiger partial charge in [0.25, 0.3) is 0 Å². The van der Waals surface area contributed by atoms with Crippen LogP contribution < -0.4 is 5.48 Å². The second kappa shape index (κ2) is 3.11. The smallest absolute Gasteiger partial charge is 0.234 e. The number of nitrogens with one attached hydrogen (secondary N) is 1. The summed E-state index contributed by atoms with van der Waals surface area (Å²) in [5.74, 6) is 0. The van der Waals surface area contributed by atoms with Gasteiger partial charge in [0.2, 0.25) is 10.4 Å². The zero-order chi connectivity index (χ0) is 7.49. The molecule has 0 bridgehead atoms. The van der Waals surface area contributed by atoms with Crippen LogP contribution in [0, 0.1) is 0 Å². The highest BCUT2D eigenvalue weighted by molar-refractivity contribution is 7.80. The first-order valence-electron chi connectivity index (χ1n) is 2.31. The Hall–Kier alpha value is -0.170. The van der Waals surface area contributed by atoms with E-state index in [0.717, 1.165) is 0 Å². The number of hydrogen-bond acceptors (Lipinski definition) is 5. The standard InChI is InChI=1S/C3H9NO4S/c1-3(2)4-8-9(5,6)7/h3-4H,1-2H3,(H,5,6,7)/p-1. The predicted octanol–water partition coefficient (Wildman–Crippen LogP) is -0.624. The van der Waals surface area contributed by atoms with Crippen LogP contribution in [-0.2, 0) is 14.7 Å². The molecule has 0 spiro atoms. The Morgan fingerprint density at radius 2 is 2.00 bits per heavy atom. The van der Waals surface area contributed by atoms with Crippen LogP contribution >= 0.6 is 0 Å². The Kier molecular flexibility index (Phi) is 3.06.